The van der Waals surface area contributed by atoms with E-state index in [9.17, 15) is 38.8 Å². The third-order valence-corrected chi connectivity index (χ3v) is 5.97. The fraction of sp³-hybridized carbons (Fsp3) is 0.500. The molecule has 5 atom stereocenters. The van der Waals surface area contributed by atoms with Crippen molar-refractivity contribution < 1.29 is 43.5 Å². The number of carbonyl (C=O) groups is 2. The van der Waals surface area contributed by atoms with Crippen LogP contribution in [-0.2, 0) is 9.53 Å². The van der Waals surface area contributed by atoms with Gasteiger partial charge in [-0.1, -0.05) is 20.8 Å². The van der Waals surface area contributed by atoms with Gasteiger partial charge in [0.1, 0.15) is 30.1 Å². The number of amides is 2. The number of halogens is 2. The quantitative estimate of drug-likeness (QED) is 0.397. The Bertz CT molecular complexity index is 1140. The molecule has 3 rings (SSSR count). The molecule has 0 saturated carbocycles. The van der Waals surface area contributed by atoms with Crippen molar-refractivity contribution in [1.82, 2.24) is 4.57 Å². The van der Waals surface area contributed by atoms with Crippen LogP contribution < -0.4 is 10.1 Å². The summed E-state index contributed by atoms with van der Waals surface area (Å²) in [7, 11) is 0. The highest BCUT2D eigenvalue weighted by Crippen LogP contribution is 2.28. The van der Waals surface area contributed by atoms with Gasteiger partial charge in [0.2, 0.25) is 5.91 Å². The van der Waals surface area contributed by atoms with Crippen molar-refractivity contribution in [2.45, 2.75) is 57.8 Å². The smallest absolute Gasteiger partial charge is 0.279 e. The molecule has 192 valence electrons. The van der Waals surface area contributed by atoms with E-state index in [2.05, 4.69) is 10.3 Å². The summed E-state index contributed by atoms with van der Waals surface area (Å²) in [6.07, 6.45) is -5.92. The van der Waals surface area contributed by atoms with Crippen LogP contribution in [-0.4, -0.2) is 67.8 Å². The first-order chi connectivity index (χ1) is 16.3. The van der Waals surface area contributed by atoms with Crippen molar-refractivity contribution >= 4 is 28.8 Å². The summed E-state index contributed by atoms with van der Waals surface area (Å²) in [6.45, 7) is 4.74. The number of benzene rings is 1. The van der Waals surface area contributed by atoms with Gasteiger partial charge in [-0.05, 0) is 17.5 Å². The molecule has 1 aromatic carbocycles. The Morgan fingerprint density at radius 3 is 2.34 bits per heavy atom. The first-order valence-electron chi connectivity index (χ1n) is 10.7. The molecule has 2 aromatic rings. The van der Waals surface area contributed by atoms with Crippen molar-refractivity contribution in [2.24, 2.45) is 10.4 Å². The van der Waals surface area contributed by atoms with E-state index in [0.717, 1.165) is 23.5 Å². The van der Waals surface area contributed by atoms with E-state index in [1.165, 1.54) is 16.1 Å². The average molecular weight is 516 g/mol. The Kier molecular flexibility index (Phi) is 8.19. The number of thiazole rings is 1. The molecule has 1 fully saturated rings. The van der Waals surface area contributed by atoms with Crippen molar-refractivity contribution in [1.29, 1.82) is 0 Å². The van der Waals surface area contributed by atoms with Crippen LogP contribution in [0.2, 0.25) is 0 Å². The first kappa shape index (κ1) is 27.0. The number of anilines is 1. The molecular formula is C22H27F2N3O7S. The lowest BCUT2D eigenvalue weighted by Gasteiger charge is -2.40. The second kappa shape index (κ2) is 10.6. The normalized spacial score (nSPS) is 25.5. The van der Waals surface area contributed by atoms with Crippen LogP contribution in [0.1, 0.15) is 43.8 Å². The maximum atomic E-state index is 14.5. The summed E-state index contributed by atoms with van der Waals surface area (Å²) in [4.78, 5) is 28.5. The molecule has 13 heteroatoms. The lowest BCUT2D eigenvalue weighted by molar-refractivity contribution is -0.251. The fourth-order valence-electron chi connectivity index (χ4n) is 3.50. The molecule has 1 aromatic heterocycles. The Morgan fingerprint density at radius 1 is 1.14 bits per heavy atom. The molecule has 0 spiro atoms. The molecule has 1 aliphatic heterocycles. The lowest BCUT2D eigenvalue weighted by atomic mass is 9.92. The minimum absolute atomic E-state index is 0.0260. The van der Waals surface area contributed by atoms with Crippen LogP contribution in [0, 0.1) is 17.0 Å². The van der Waals surface area contributed by atoms with Crippen LogP contribution >= 0.6 is 11.3 Å². The second-order valence-electron chi connectivity index (χ2n) is 9.33. The average Bonchev–Trinajstić information content (AvgIpc) is 3.21. The second-order valence-corrected chi connectivity index (χ2v) is 10.2. The van der Waals surface area contributed by atoms with E-state index in [0.29, 0.717) is 0 Å². The molecule has 5 N–H and O–H groups in total. The molecular weight excluding hydrogens is 488 g/mol. The minimum atomic E-state index is -1.65. The number of nitrogens with one attached hydrogen (secondary N) is 1. The van der Waals surface area contributed by atoms with Crippen LogP contribution in [0.3, 0.4) is 0 Å². The monoisotopic (exact) mass is 515 g/mol. The highest BCUT2D eigenvalue weighted by Gasteiger charge is 2.44. The zero-order valence-corrected chi connectivity index (χ0v) is 20.0. The summed E-state index contributed by atoms with van der Waals surface area (Å²) < 4.78 is 35.7. The maximum absolute atomic E-state index is 14.5. The van der Waals surface area contributed by atoms with Gasteiger partial charge in [-0.15, -0.1) is 11.3 Å². The molecule has 0 radical (unpaired) electrons. The number of aliphatic hydroxyl groups excluding tert-OH is 4. The predicted octanol–water partition coefficient (Wildman–Crippen LogP) is 0.916. The van der Waals surface area contributed by atoms with E-state index in [4.69, 9.17) is 4.74 Å². The highest BCUT2D eigenvalue weighted by atomic mass is 32.1. The van der Waals surface area contributed by atoms with Crippen molar-refractivity contribution in [2.75, 3.05) is 11.9 Å². The van der Waals surface area contributed by atoms with Crippen molar-refractivity contribution in [3.8, 4) is 0 Å². The molecule has 2 amide bonds. The topological polar surface area (TPSA) is 154 Å². The Morgan fingerprint density at radius 2 is 1.77 bits per heavy atom. The van der Waals surface area contributed by atoms with Crippen molar-refractivity contribution in [3.05, 3.63) is 45.7 Å². The zero-order valence-electron chi connectivity index (χ0n) is 19.2. The fourth-order valence-corrected chi connectivity index (χ4v) is 4.24. The van der Waals surface area contributed by atoms with Gasteiger partial charge >= 0.3 is 0 Å². The van der Waals surface area contributed by atoms with E-state index in [1.54, 1.807) is 20.8 Å². The molecule has 2 unspecified atom stereocenters. The molecule has 0 aliphatic carbocycles. The number of rotatable bonds is 5. The molecule has 35 heavy (non-hydrogen) atoms. The summed E-state index contributed by atoms with van der Waals surface area (Å²) in [5.74, 6) is -3.91. The number of aliphatic hydroxyl groups is 4. The third kappa shape index (κ3) is 6.18. The number of aromatic nitrogens is 1. The van der Waals surface area contributed by atoms with Crippen LogP contribution in [0.5, 0.6) is 0 Å². The summed E-state index contributed by atoms with van der Waals surface area (Å²) in [5.41, 5.74) is -1.51. The van der Waals surface area contributed by atoms with Gasteiger partial charge in [-0.25, -0.2) is 8.78 Å². The number of ether oxygens (including phenoxy) is 1. The summed E-state index contributed by atoms with van der Waals surface area (Å²) in [5, 5.41) is 43.3. The standard InChI is InChI=1S/C22H27F2N3O7S/c1-22(2,3)8-14(29)25-15-11(23)6-10(7-12(15)24)19(33)26-21-27(4-5-35-21)20-18(32)17(31)16(30)13(9-28)34-20/h4-7,13,16-18,20,28,30-32H,8-9H2,1-3H3,(H,25,29)/t13?,16-,17?,18-,20-/m1/s1. The van der Waals surface area contributed by atoms with E-state index < -0.39 is 77.4 Å². The van der Waals surface area contributed by atoms with Gasteiger partial charge in [0, 0.05) is 23.6 Å². The van der Waals surface area contributed by atoms with Crippen LogP contribution in [0.15, 0.2) is 28.7 Å². The number of hydrogen-bond acceptors (Lipinski definition) is 8. The highest BCUT2D eigenvalue weighted by molar-refractivity contribution is 7.07. The van der Waals surface area contributed by atoms with Crippen LogP contribution in [0.4, 0.5) is 14.5 Å². The molecule has 2 heterocycles. The summed E-state index contributed by atoms with van der Waals surface area (Å²) >= 11 is 0.937. The Hall–Kier alpha value is -2.55. The van der Waals surface area contributed by atoms with Crippen molar-refractivity contribution in [3.63, 3.8) is 0 Å². The van der Waals surface area contributed by atoms with Crippen LogP contribution in [0.25, 0.3) is 0 Å². The summed E-state index contributed by atoms with van der Waals surface area (Å²) in [6, 6.07) is 1.49. The molecule has 10 nitrogen and oxygen atoms in total. The largest absolute Gasteiger partial charge is 0.394 e. The van der Waals surface area contributed by atoms with Gasteiger partial charge in [0.15, 0.2) is 22.7 Å². The van der Waals surface area contributed by atoms with Gasteiger partial charge in [-0.2, -0.15) is 4.99 Å². The predicted molar refractivity (Wildman–Crippen MR) is 120 cm³/mol. The third-order valence-electron chi connectivity index (χ3n) is 5.20. The molecule has 1 aliphatic rings. The molecule has 0 bridgehead atoms. The Labute approximate surface area is 203 Å². The van der Waals surface area contributed by atoms with E-state index in [-0.39, 0.29) is 11.2 Å². The first-order valence-corrected chi connectivity index (χ1v) is 11.5. The van der Waals surface area contributed by atoms with Gasteiger partial charge in [0.05, 0.1) is 6.61 Å². The number of nitrogens with zero attached hydrogens (tertiary/aromatic N) is 2. The lowest BCUT2D eigenvalue weighted by Crippen LogP contribution is -2.57. The number of hydrogen-bond donors (Lipinski definition) is 5. The Balaban J connectivity index is 1.87. The SMILES string of the molecule is CC(C)(C)CC(=O)Nc1c(F)cc(C(=O)N=c2sccn2[C@@H]2OC(CO)[C@@H](O)C(O)[C@H]2O)cc1F. The minimum Gasteiger partial charge on any atom is -0.394 e. The van der Waals surface area contributed by atoms with E-state index in [1.807, 2.05) is 0 Å². The number of carbonyl (C=O) groups excluding carboxylic acids is 2. The zero-order chi connectivity index (χ0) is 26.1. The van der Waals surface area contributed by atoms with Gasteiger partial charge in [0.25, 0.3) is 5.91 Å². The molecule has 1 saturated heterocycles. The van der Waals surface area contributed by atoms with Gasteiger partial charge < -0.3 is 30.5 Å². The van der Waals surface area contributed by atoms with E-state index >= 15 is 0 Å². The maximum Gasteiger partial charge on any atom is 0.279 e. The van der Waals surface area contributed by atoms with Gasteiger partial charge in [-0.3, -0.25) is 14.2 Å².